The minimum Gasteiger partial charge on any atom is -0.320 e. The topological polar surface area (TPSA) is 45.2 Å². The number of aromatic nitrogens is 1. The van der Waals surface area contributed by atoms with Gasteiger partial charge in [0.05, 0.1) is 10.6 Å². The number of amides is 2. The highest BCUT2D eigenvalue weighted by molar-refractivity contribution is 6.31. The summed E-state index contributed by atoms with van der Waals surface area (Å²) in [5.41, 5.74) is 0.709. The summed E-state index contributed by atoms with van der Waals surface area (Å²) in [6.45, 7) is 0.597. The average molecular weight is 374 g/mol. The molecule has 0 atom stereocenters. The predicted molar refractivity (Wildman–Crippen MR) is 83.8 cm³/mol. The maximum absolute atomic E-state index is 13.1. The zero-order chi connectivity index (χ0) is 18.2. The number of urea groups is 1. The lowest BCUT2D eigenvalue weighted by Crippen LogP contribution is -2.39. The summed E-state index contributed by atoms with van der Waals surface area (Å²) >= 11 is 5.64. The minimum atomic E-state index is -4.56. The molecule has 0 radical (unpaired) electrons. The summed E-state index contributed by atoms with van der Waals surface area (Å²) in [4.78, 5) is 17.3. The second-order valence-electron chi connectivity index (χ2n) is 5.57. The Kier molecular flexibility index (Phi) is 4.55. The number of pyridine rings is 1. The number of halogens is 5. The van der Waals surface area contributed by atoms with Crippen LogP contribution in [0.25, 0.3) is 0 Å². The second-order valence-corrected chi connectivity index (χ2v) is 5.98. The third-order valence-electron chi connectivity index (χ3n) is 3.87. The van der Waals surface area contributed by atoms with Gasteiger partial charge in [0.25, 0.3) is 0 Å². The Morgan fingerprint density at radius 2 is 2.00 bits per heavy atom. The van der Waals surface area contributed by atoms with Crippen molar-refractivity contribution in [3.8, 4) is 0 Å². The number of fused-ring (bicyclic) bond motifs is 1. The average Bonchev–Trinajstić information content (AvgIpc) is 2.53. The number of carbonyl (C=O) groups excluding carboxylic acids is 1. The zero-order valence-corrected chi connectivity index (χ0v) is 13.5. The van der Waals surface area contributed by atoms with E-state index in [0.717, 1.165) is 29.3 Å². The van der Waals surface area contributed by atoms with Gasteiger partial charge in [-0.05, 0) is 41.8 Å². The summed E-state index contributed by atoms with van der Waals surface area (Å²) in [5.74, 6) is -0.573. The summed E-state index contributed by atoms with van der Waals surface area (Å²) < 4.78 is 51.2. The Morgan fingerprint density at radius 1 is 1.24 bits per heavy atom. The van der Waals surface area contributed by atoms with Crippen LogP contribution in [0.5, 0.6) is 0 Å². The van der Waals surface area contributed by atoms with Crippen molar-refractivity contribution in [2.45, 2.75) is 19.1 Å². The monoisotopic (exact) mass is 373 g/mol. The van der Waals surface area contributed by atoms with Crippen molar-refractivity contribution in [2.24, 2.45) is 0 Å². The maximum atomic E-state index is 13.1. The number of rotatable bonds is 1. The Bertz CT molecular complexity index is 826. The van der Waals surface area contributed by atoms with Gasteiger partial charge in [-0.15, -0.1) is 0 Å². The molecule has 0 fully saturated rings. The number of nitrogens with zero attached hydrogens (tertiary/aromatic N) is 2. The summed E-state index contributed by atoms with van der Waals surface area (Å²) in [5, 5.41) is 2.02. The SMILES string of the molecule is O=C(Nc1ccc(C(F)(F)F)c(Cl)c1)N1CCc2cc(F)ncc2C1. The molecule has 3 rings (SSSR count). The number of carbonyl (C=O) groups is 1. The van der Waals surface area contributed by atoms with Crippen LogP contribution in [0.15, 0.2) is 30.5 Å². The molecule has 132 valence electrons. The minimum absolute atomic E-state index is 0.158. The van der Waals surface area contributed by atoms with Crippen LogP contribution in [-0.4, -0.2) is 22.5 Å². The third kappa shape index (κ3) is 3.84. The van der Waals surface area contributed by atoms with Crippen LogP contribution in [0, 0.1) is 5.95 Å². The molecular formula is C16H12ClF4N3O. The number of nitrogens with one attached hydrogen (secondary N) is 1. The van der Waals surface area contributed by atoms with Gasteiger partial charge in [-0.2, -0.15) is 17.6 Å². The molecule has 25 heavy (non-hydrogen) atoms. The summed E-state index contributed by atoms with van der Waals surface area (Å²) in [6.07, 6.45) is -2.71. The molecule has 2 amide bonds. The standard InChI is InChI=1S/C16H12ClF4N3O/c17-13-6-11(1-2-12(13)16(19,20)21)23-15(25)24-4-3-9-5-14(18)22-7-10(9)8-24/h1-2,5-7H,3-4,8H2,(H,23,25). The Morgan fingerprint density at radius 3 is 2.68 bits per heavy atom. The maximum Gasteiger partial charge on any atom is 0.417 e. The van der Waals surface area contributed by atoms with Crippen molar-refractivity contribution in [1.82, 2.24) is 9.88 Å². The molecule has 1 aliphatic heterocycles. The van der Waals surface area contributed by atoms with Crippen molar-refractivity contribution in [2.75, 3.05) is 11.9 Å². The van der Waals surface area contributed by atoms with Crippen molar-refractivity contribution in [1.29, 1.82) is 0 Å². The van der Waals surface area contributed by atoms with Gasteiger partial charge in [0.1, 0.15) is 0 Å². The van der Waals surface area contributed by atoms with Gasteiger partial charge >= 0.3 is 12.2 Å². The molecule has 0 saturated carbocycles. The first-order chi connectivity index (χ1) is 11.7. The lowest BCUT2D eigenvalue weighted by molar-refractivity contribution is -0.137. The van der Waals surface area contributed by atoms with E-state index in [1.54, 1.807) is 0 Å². The third-order valence-corrected chi connectivity index (χ3v) is 4.19. The van der Waals surface area contributed by atoms with E-state index in [9.17, 15) is 22.4 Å². The first-order valence-corrected chi connectivity index (χ1v) is 7.68. The molecule has 1 N–H and O–H groups in total. The highest BCUT2D eigenvalue weighted by atomic mass is 35.5. The first kappa shape index (κ1) is 17.5. The first-order valence-electron chi connectivity index (χ1n) is 7.30. The molecule has 0 aliphatic carbocycles. The number of alkyl halides is 3. The molecule has 2 aromatic rings. The van der Waals surface area contributed by atoms with E-state index in [2.05, 4.69) is 10.3 Å². The van der Waals surface area contributed by atoms with Gasteiger partial charge < -0.3 is 10.2 Å². The lowest BCUT2D eigenvalue weighted by atomic mass is 10.0. The van der Waals surface area contributed by atoms with Crippen molar-refractivity contribution in [3.05, 3.63) is 58.1 Å². The van der Waals surface area contributed by atoms with E-state index in [-0.39, 0.29) is 12.2 Å². The fourth-order valence-electron chi connectivity index (χ4n) is 2.61. The molecule has 9 heteroatoms. The van der Waals surface area contributed by atoms with Crippen molar-refractivity contribution < 1.29 is 22.4 Å². The van der Waals surface area contributed by atoms with Gasteiger partial charge in [-0.25, -0.2) is 9.78 Å². The largest absolute Gasteiger partial charge is 0.417 e. The van der Waals surface area contributed by atoms with Gasteiger partial charge in [0.2, 0.25) is 5.95 Å². The van der Waals surface area contributed by atoms with Crippen molar-refractivity contribution in [3.63, 3.8) is 0 Å². The highest BCUT2D eigenvalue weighted by Crippen LogP contribution is 2.35. The van der Waals surface area contributed by atoms with Crippen LogP contribution in [0.1, 0.15) is 16.7 Å². The molecule has 1 aromatic heterocycles. The summed E-state index contributed by atoms with van der Waals surface area (Å²) in [7, 11) is 0. The van der Waals surface area contributed by atoms with Gasteiger partial charge in [-0.3, -0.25) is 0 Å². The molecule has 0 spiro atoms. The zero-order valence-electron chi connectivity index (χ0n) is 12.7. The highest BCUT2D eigenvalue weighted by Gasteiger charge is 2.33. The Balaban J connectivity index is 1.71. The lowest BCUT2D eigenvalue weighted by Gasteiger charge is -2.28. The molecule has 0 bridgehead atoms. The number of benzene rings is 1. The molecule has 0 saturated heterocycles. The van der Waals surface area contributed by atoms with Crippen LogP contribution >= 0.6 is 11.6 Å². The van der Waals surface area contributed by atoms with Gasteiger partial charge in [0, 0.05) is 25.0 Å². The molecular weight excluding hydrogens is 362 g/mol. The van der Waals surface area contributed by atoms with E-state index >= 15 is 0 Å². The second kappa shape index (κ2) is 6.51. The van der Waals surface area contributed by atoms with Crippen LogP contribution in [0.2, 0.25) is 5.02 Å². The number of anilines is 1. The Hall–Kier alpha value is -2.35. The van der Waals surface area contributed by atoms with Crippen LogP contribution in [0.4, 0.5) is 28.0 Å². The number of hydrogen-bond donors (Lipinski definition) is 1. The number of hydrogen-bond acceptors (Lipinski definition) is 2. The van der Waals surface area contributed by atoms with Crippen LogP contribution in [-0.2, 0) is 19.1 Å². The van der Waals surface area contributed by atoms with Gasteiger partial charge in [-0.1, -0.05) is 11.6 Å². The van der Waals surface area contributed by atoms with Crippen LogP contribution < -0.4 is 5.32 Å². The van der Waals surface area contributed by atoms with E-state index in [4.69, 9.17) is 11.6 Å². The van der Waals surface area contributed by atoms with E-state index in [1.165, 1.54) is 17.2 Å². The fourth-order valence-corrected chi connectivity index (χ4v) is 2.90. The normalized spacial score (nSPS) is 14.2. The predicted octanol–water partition coefficient (Wildman–Crippen LogP) is 4.48. The van der Waals surface area contributed by atoms with E-state index in [0.29, 0.717) is 13.0 Å². The molecule has 4 nitrogen and oxygen atoms in total. The van der Waals surface area contributed by atoms with Gasteiger partial charge in [0.15, 0.2) is 0 Å². The van der Waals surface area contributed by atoms with E-state index < -0.39 is 28.7 Å². The Labute approximate surface area is 145 Å². The quantitative estimate of drug-likeness (QED) is 0.591. The smallest absolute Gasteiger partial charge is 0.320 e. The van der Waals surface area contributed by atoms with Crippen molar-refractivity contribution >= 4 is 23.3 Å². The van der Waals surface area contributed by atoms with Crippen LogP contribution in [0.3, 0.4) is 0 Å². The fraction of sp³-hybridized carbons (Fsp3) is 0.250. The molecule has 1 aliphatic rings. The molecule has 0 unspecified atom stereocenters. The summed E-state index contributed by atoms with van der Waals surface area (Å²) in [6, 6.07) is 3.86. The molecule has 2 heterocycles. The molecule has 1 aromatic carbocycles. The van der Waals surface area contributed by atoms with E-state index in [1.807, 2.05) is 0 Å².